The van der Waals surface area contributed by atoms with Gasteiger partial charge in [-0.1, -0.05) is 53.4 Å². The lowest BCUT2D eigenvalue weighted by molar-refractivity contribution is -0.138. The zero-order chi connectivity index (χ0) is 15.7. The molecule has 0 bridgehead atoms. The molecule has 0 saturated heterocycles. The standard InChI is InChI=1S/C16H15N3O2S/c1-16(2,15(20)21)22-14-10-17-18-19(14)13-9-5-7-11-6-3-4-8-12(11)13/h3-10H,1-2H3,(H,20,21). The first-order valence-corrected chi connectivity index (χ1v) is 7.62. The molecule has 0 aliphatic carbocycles. The van der Waals surface area contributed by atoms with Crippen LogP contribution in [0.15, 0.2) is 53.7 Å². The van der Waals surface area contributed by atoms with Gasteiger partial charge in [0.1, 0.15) is 9.77 Å². The number of hydrogen-bond acceptors (Lipinski definition) is 4. The van der Waals surface area contributed by atoms with Crippen molar-refractivity contribution in [2.75, 3.05) is 0 Å². The summed E-state index contributed by atoms with van der Waals surface area (Å²) in [6, 6.07) is 13.9. The van der Waals surface area contributed by atoms with Crippen LogP contribution in [-0.2, 0) is 4.79 Å². The Hall–Kier alpha value is -2.34. The first kappa shape index (κ1) is 14.6. The fourth-order valence-corrected chi connectivity index (χ4v) is 3.09. The Morgan fingerprint density at radius 3 is 2.68 bits per heavy atom. The van der Waals surface area contributed by atoms with Crippen LogP contribution in [0, 0.1) is 0 Å². The average molecular weight is 313 g/mol. The van der Waals surface area contributed by atoms with E-state index in [1.807, 2.05) is 42.5 Å². The summed E-state index contributed by atoms with van der Waals surface area (Å²) in [6.07, 6.45) is 1.59. The first-order chi connectivity index (χ1) is 10.5. The molecule has 0 amide bonds. The number of thioether (sulfide) groups is 1. The summed E-state index contributed by atoms with van der Waals surface area (Å²) in [5.41, 5.74) is 0.888. The highest BCUT2D eigenvalue weighted by Gasteiger charge is 2.30. The summed E-state index contributed by atoms with van der Waals surface area (Å²) in [7, 11) is 0. The maximum atomic E-state index is 11.3. The Kier molecular flexibility index (Phi) is 3.62. The highest BCUT2D eigenvalue weighted by atomic mass is 32.2. The third-order valence-corrected chi connectivity index (χ3v) is 4.56. The molecule has 1 heterocycles. The molecule has 5 nitrogen and oxygen atoms in total. The molecule has 0 unspecified atom stereocenters. The molecule has 1 N–H and O–H groups in total. The predicted molar refractivity (Wildman–Crippen MR) is 86.4 cm³/mol. The van der Waals surface area contributed by atoms with Crippen LogP contribution in [0.5, 0.6) is 0 Å². The predicted octanol–water partition coefficient (Wildman–Crippen LogP) is 3.38. The van der Waals surface area contributed by atoms with E-state index in [9.17, 15) is 9.90 Å². The minimum atomic E-state index is -0.954. The fourth-order valence-electron chi connectivity index (χ4n) is 2.16. The van der Waals surface area contributed by atoms with Crippen molar-refractivity contribution in [3.63, 3.8) is 0 Å². The Balaban J connectivity index is 2.10. The highest BCUT2D eigenvalue weighted by molar-refractivity contribution is 8.01. The number of benzene rings is 2. The third-order valence-electron chi connectivity index (χ3n) is 3.39. The van der Waals surface area contributed by atoms with E-state index in [-0.39, 0.29) is 0 Å². The number of aromatic nitrogens is 3. The molecule has 0 aliphatic rings. The van der Waals surface area contributed by atoms with Gasteiger partial charge in [-0.25, -0.2) is 4.68 Å². The van der Waals surface area contributed by atoms with E-state index in [4.69, 9.17) is 0 Å². The van der Waals surface area contributed by atoms with Crippen LogP contribution >= 0.6 is 11.8 Å². The van der Waals surface area contributed by atoms with E-state index in [2.05, 4.69) is 10.3 Å². The second-order valence-corrected chi connectivity index (χ2v) is 7.04. The molecular formula is C16H15N3O2S. The summed E-state index contributed by atoms with van der Waals surface area (Å²) in [6.45, 7) is 3.33. The fraction of sp³-hybridized carbons (Fsp3) is 0.188. The smallest absolute Gasteiger partial charge is 0.319 e. The zero-order valence-corrected chi connectivity index (χ0v) is 13.0. The van der Waals surface area contributed by atoms with Crippen molar-refractivity contribution >= 4 is 28.5 Å². The first-order valence-electron chi connectivity index (χ1n) is 6.80. The number of hydrogen-bond donors (Lipinski definition) is 1. The minimum absolute atomic E-state index is 0.698. The zero-order valence-electron chi connectivity index (χ0n) is 12.2. The van der Waals surface area contributed by atoms with Crippen LogP contribution in [0.25, 0.3) is 16.5 Å². The maximum Gasteiger partial charge on any atom is 0.319 e. The molecule has 0 aliphatic heterocycles. The molecule has 0 radical (unpaired) electrons. The number of carboxylic acid groups (broad SMARTS) is 1. The molecule has 0 saturated carbocycles. The number of aliphatic carboxylic acids is 1. The van der Waals surface area contributed by atoms with Gasteiger partial charge < -0.3 is 5.11 Å². The molecule has 0 spiro atoms. The van der Waals surface area contributed by atoms with Crippen molar-refractivity contribution < 1.29 is 9.90 Å². The SMILES string of the molecule is CC(C)(Sc1cnnn1-c1cccc2ccccc12)C(=O)O. The third kappa shape index (κ3) is 2.57. The van der Waals surface area contributed by atoms with Crippen molar-refractivity contribution in [1.82, 2.24) is 15.0 Å². The lowest BCUT2D eigenvalue weighted by Crippen LogP contribution is -2.27. The normalized spacial score (nSPS) is 11.7. The van der Waals surface area contributed by atoms with Gasteiger partial charge in [-0.05, 0) is 25.3 Å². The van der Waals surface area contributed by atoms with Gasteiger partial charge in [-0.3, -0.25) is 4.79 Å². The van der Waals surface area contributed by atoms with Crippen LogP contribution < -0.4 is 0 Å². The quantitative estimate of drug-likeness (QED) is 0.748. The lowest BCUT2D eigenvalue weighted by Gasteiger charge is -2.18. The molecule has 3 aromatic rings. The van der Waals surface area contributed by atoms with E-state index < -0.39 is 10.7 Å². The molecule has 112 valence electrons. The molecule has 3 rings (SSSR count). The largest absolute Gasteiger partial charge is 0.480 e. The topological polar surface area (TPSA) is 68.0 Å². The number of carboxylic acids is 1. The van der Waals surface area contributed by atoms with Crippen molar-refractivity contribution in [3.8, 4) is 5.69 Å². The van der Waals surface area contributed by atoms with Gasteiger partial charge in [0.05, 0.1) is 11.9 Å². The van der Waals surface area contributed by atoms with Crippen LogP contribution in [0.2, 0.25) is 0 Å². The summed E-state index contributed by atoms with van der Waals surface area (Å²) < 4.78 is 0.738. The highest BCUT2D eigenvalue weighted by Crippen LogP contribution is 2.34. The molecule has 0 fully saturated rings. The van der Waals surface area contributed by atoms with Gasteiger partial charge >= 0.3 is 5.97 Å². The molecular weight excluding hydrogens is 298 g/mol. The Labute approximate surface area is 132 Å². The van der Waals surface area contributed by atoms with Crippen molar-refractivity contribution in [2.24, 2.45) is 0 Å². The molecule has 2 aromatic carbocycles. The number of rotatable bonds is 4. The van der Waals surface area contributed by atoms with Crippen molar-refractivity contribution in [2.45, 2.75) is 23.6 Å². The van der Waals surface area contributed by atoms with Gasteiger partial charge in [-0.15, -0.1) is 5.10 Å². The monoisotopic (exact) mass is 313 g/mol. The van der Waals surface area contributed by atoms with Crippen LogP contribution in [-0.4, -0.2) is 30.8 Å². The Morgan fingerprint density at radius 2 is 1.91 bits per heavy atom. The second kappa shape index (κ2) is 5.46. The molecule has 6 heteroatoms. The number of fused-ring (bicyclic) bond motifs is 1. The summed E-state index contributed by atoms with van der Waals surface area (Å²) in [5, 5.41) is 20.2. The summed E-state index contributed by atoms with van der Waals surface area (Å²) >= 11 is 1.23. The van der Waals surface area contributed by atoms with E-state index in [1.54, 1.807) is 24.7 Å². The van der Waals surface area contributed by atoms with Crippen LogP contribution in [0.4, 0.5) is 0 Å². The summed E-state index contributed by atoms with van der Waals surface area (Å²) in [5.74, 6) is -0.872. The molecule has 1 aromatic heterocycles. The van der Waals surface area contributed by atoms with E-state index in [0.717, 1.165) is 16.5 Å². The second-order valence-electron chi connectivity index (χ2n) is 5.40. The lowest BCUT2D eigenvalue weighted by atomic mass is 10.1. The number of nitrogens with zero attached hydrogens (tertiary/aromatic N) is 3. The van der Waals surface area contributed by atoms with Gasteiger partial charge in [0.2, 0.25) is 0 Å². The van der Waals surface area contributed by atoms with E-state index >= 15 is 0 Å². The van der Waals surface area contributed by atoms with Crippen molar-refractivity contribution in [3.05, 3.63) is 48.7 Å². The number of carbonyl (C=O) groups is 1. The van der Waals surface area contributed by atoms with Gasteiger partial charge in [0.15, 0.2) is 0 Å². The minimum Gasteiger partial charge on any atom is -0.480 e. The summed E-state index contributed by atoms with van der Waals surface area (Å²) in [4.78, 5) is 11.3. The van der Waals surface area contributed by atoms with Crippen molar-refractivity contribution in [1.29, 1.82) is 0 Å². The van der Waals surface area contributed by atoms with Crippen LogP contribution in [0.1, 0.15) is 13.8 Å². The van der Waals surface area contributed by atoms with Gasteiger partial charge in [0.25, 0.3) is 0 Å². The Morgan fingerprint density at radius 1 is 1.18 bits per heavy atom. The molecule has 0 atom stereocenters. The van der Waals surface area contributed by atoms with E-state index in [0.29, 0.717) is 5.03 Å². The van der Waals surface area contributed by atoms with E-state index in [1.165, 1.54) is 11.8 Å². The van der Waals surface area contributed by atoms with Crippen LogP contribution in [0.3, 0.4) is 0 Å². The average Bonchev–Trinajstić information content (AvgIpc) is 2.93. The van der Waals surface area contributed by atoms with Gasteiger partial charge in [0, 0.05) is 5.39 Å². The maximum absolute atomic E-state index is 11.3. The molecule has 22 heavy (non-hydrogen) atoms. The Bertz CT molecular complexity index is 837. The van der Waals surface area contributed by atoms with Gasteiger partial charge in [-0.2, -0.15) is 0 Å².